The molecule has 6 heteroatoms. The minimum absolute atomic E-state index is 0.00338. The quantitative estimate of drug-likeness (QED) is 0.604. The largest absolute Gasteiger partial charge is 0.421 e. The molecule has 0 spiro atoms. The minimum Gasteiger partial charge on any atom is -0.421 e. The lowest BCUT2D eigenvalue weighted by atomic mass is 9.85. The molecule has 0 radical (unpaired) electrons. The lowest BCUT2D eigenvalue weighted by Gasteiger charge is -2.27. The van der Waals surface area contributed by atoms with Gasteiger partial charge in [-0.1, -0.05) is 51.1 Å². The third-order valence-corrected chi connectivity index (χ3v) is 4.48. The molecule has 1 heterocycles. The van der Waals surface area contributed by atoms with Gasteiger partial charge in [-0.05, 0) is 41.7 Å². The number of carbonyl (C=O) groups is 1. The van der Waals surface area contributed by atoms with E-state index in [4.69, 9.17) is 4.42 Å². The SMILES string of the molecule is CC(C)(C)C[C@H](NC(=O)CCc1nnc(-c2ccccc2)o1)c1ccc(F)cc1. The van der Waals surface area contributed by atoms with E-state index in [1.54, 1.807) is 12.1 Å². The van der Waals surface area contributed by atoms with Gasteiger partial charge in [-0.2, -0.15) is 0 Å². The number of aryl methyl sites for hydroxylation is 1. The van der Waals surface area contributed by atoms with Crippen LogP contribution in [0, 0.1) is 11.2 Å². The Morgan fingerprint density at radius 1 is 1.07 bits per heavy atom. The van der Waals surface area contributed by atoms with Crippen LogP contribution in [0.3, 0.4) is 0 Å². The Labute approximate surface area is 170 Å². The second-order valence-electron chi connectivity index (χ2n) is 8.30. The van der Waals surface area contributed by atoms with Crippen molar-refractivity contribution in [1.82, 2.24) is 15.5 Å². The average Bonchev–Trinajstić information content (AvgIpc) is 3.15. The molecule has 0 aliphatic carbocycles. The van der Waals surface area contributed by atoms with Crippen LogP contribution in [0.1, 0.15) is 51.1 Å². The fraction of sp³-hybridized carbons (Fsp3) is 0.348. The van der Waals surface area contributed by atoms with Crippen molar-refractivity contribution in [2.24, 2.45) is 5.41 Å². The van der Waals surface area contributed by atoms with Gasteiger partial charge in [-0.15, -0.1) is 10.2 Å². The van der Waals surface area contributed by atoms with E-state index in [1.807, 2.05) is 30.3 Å². The van der Waals surface area contributed by atoms with Gasteiger partial charge in [0.05, 0.1) is 6.04 Å². The van der Waals surface area contributed by atoms with E-state index < -0.39 is 0 Å². The normalized spacial score (nSPS) is 12.6. The van der Waals surface area contributed by atoms with E-state index in [0.29, 0.717) is 18.2 Å². The summed E-state index contributed by atoms with van der Waals surface area (Å²) in [5, 5.41) is 11.1. The lowest BCUT2D eigenvalue weighted by molar-refractivity contribution is -0.122. The molecule has 2 aromatic carbocycles. The summed E-state index contributed by atoms with van der Waals surface area (Å²) < 4.78 is 18.9. The predicted octanol–water partition coefficient (Wildman–Crippen LogP) is 5.10. The summed E-state index contributed by atoms with van der Waals surface area (Å²) in [7, 11) is 0. The van der Waals surface area contributed by atoms with Crippen LogP contribution in [-0.2, 0) is 11.2 Å². The zero-order valence-electron chi connectivity index (χ0n) is 17.0. The molecular formula is C23H26FN3O2. The zero-order valence-corrected chi connectivity index (χ0v) is 17.0. The van der Waals surface area contributed by atoms with Crippen LogP contribution in [-0.4, -0.2) is 16.1 Å². The van der Waals surface area contributed by atoms with Gasteiger partial charge >= 0.3 is 0 Å². The topological polar surface area (TPSA) is 68.0 Å². The number of halogens is 1. The molecule has 3 rings (SSSR count). The van der Waals surface area contributed by atoms with Crippen LogP contribution in [0.5, 0.6) is 0 Å². The van der Waals surface area contributed by atoms with Gasteiger partial charge in [0.25, 0.3) is 0 Å². The molecule has 0 saturated carbocycles. The highest BCUT2D eigenvalue weighted by atomic mass is 19.1. The summed E-state index contributed by atoms with van der Waals surface area (Å²) in [6.07, 6.45) is 1.33. The van der Waals surface area contributed by atoms with Crippen molar-refractivity contribution in [1.29, 1.82) is 0 Å². The Morgan fingerprint density at radius 2 is 1.76 bits per heavy atom. The summed E-state index contributed by atoms with van der Waals surface area (Å²) in [6.45, 7) is 6.33. The highest BCUT2D eigenvalue weighted by molar-refractivity contribution is 5.76. The highest BCUT2D eigenvalue weighted by Crippen LogP contribution is 2.29. The van der Waals surface area contributed by atoms with Crippen molar-refractivity contribution in [3.63, 3.8) is 0 Å². The van der Waals surface area contributed by atoms with E-state index in [9.17, 15) is 9.18 Å². The van der Waals surface area contributed by atoms with Crippen molar-refractivity contribution >= 4 is 5.91 Å². The Bertz CT molecular complexity index is 931. The highest BCUT2D eigenvalue weighted by Gasteiger charge is 2.22. The average molecular weight is 395 g/mol. The van der Waals surface area contributed by atoms with Crippen molar-refractivity contribution in [2.45, 2.75) is 46.1 Å². The van der Waals surface area contributed by atoms with Gasteiger partial charge in [-0.3, -0.25) is 4.79 Å². The Kier molecular flexibility index (Phi) is 6.42. The minimum atomic E-state index is -0.291. The number of carbonyl (C=O) groups excluding carboxylic acids is 1. The second-order valence-corrected chi connectivity index (χ2v) is 8.30. The van der Waals surface area contributed by atoms with E-state index in [1.165, 1.54) is 12.1 Å². The van der Waals surface area contributed by atoms with Crippen molar-refractivity contribution < 1.29 is 13.6 Å². The first-order chi connectivity index (χ1) is 13.8. The first kappa shape index (κ1) is 20.7. The van der Waals surface area contributed by atoms with Gasteiger partial charge in [0, 0.05) is 18.4 Å². The summed E-state index contributed by atoms with van der Waals surface area (Å²) in [5.74, 6) is 0.467. The van der Waals surface area contributed by atoms with Gasteiger partial charge in [0.1, 0.15) is 5.82 Å². The van der Waals surface area contributed by atoms with Gasteiger partial charge in [0.2, 0.25) is 17.7 Å². The number of nitrogens with one attached hydrogen (secondary N) is 1. The first-order valence-corrected chi connectivity index (χ1v) is 9.73. The Morgan fingerprint density at radius 3 is 2.41 bits per heavy atom. The number of hydrogen-bond acceptors (Lipinski definition) is 4. The molecule has 1 N–H and O–H groups in total. The predicted molar refractivity (Wildman–Crippen MR) is 109 cm³/mol. The summed E-state index contributed by atoms with van der Waals surface area (Å²) in [5.41, 5.74) is 1.74. The van der Waals surface area contributed by atoms with Crippen molar-refractivity contribution in [3.05, 3.63) is 71.9 Å². The lowest BCUT2D eigenvalue weighted by Crippen LogP contribution is -2.31. The maximum atomic E-state index is 13.3. The van der Waals surface area contributed by atoms with Gasteiger partial charge < -0.3 is 9.73 Å². The Hall–Kier alpha value is -3.02. The van der Waals surface area contributed by atoms with Gasteiger partial charge in [0.15, 0.2) is 0 Å². The molecule has 0 unspecified atom stereocenters. The van der Waals surface area contributed by atoms with E-state index >= 15 is 0 Å². The number of rotatable bonds is 7. The fourth-order valence-corrected chi connectivity index (χ4v) is 3.10. The molecule has 5 nitrogen and oxygen atoms in total. The number of amides is 1. The number of benzene rings is 2. The number of aromatic nitrogens is 2. The van der Waals surface area contributed by atoms with E-state index in [-0.39, 0.29) is 29.6 Å². The molecule has 0 fully saturated rings. The molecule has 0 aliphatic heterocycles. The summed E-state index contributed by atoms with van der Waals surface area (Å²) in [6, 6.07) is 15.6. The maximum absolute atomic E-state index is 13.3. The van der Waals surface area contributed by atoms with E-state index in [0.717, 1.165) is 17.5 Å². The van der Waals surface area contributed by atoms with Crippen LogP contribution in [0.15, 0.2) is 59.0 Å². The molecule has 152 valence electrons. The molecule has 1 aromatic heterocycles. The van der Waals surface area contributed by atoms with Crippen LogP contribution in [0.2, 0.25) is 0 Å². The standard InChI is InChI=1S/C23H26FN3O2/c1-23(2,3)15-19(16-9-11-18(24)12-10-16)25-20(28)13-14-21-26-27-22(29-21)17-7-5-4-6-8-17/h4-12,19H,13-15H2,1-3H3,(H,25,28)/t19-/m0/s1. The van der Waals surface area contributed by atoms with Gasteiger partial charge in [-0.25, -0.2) is 4.39 Å². The Balaban J connectivity index is 1.61. The molecule has 1 atom stereocenters. The maximum Gasteiger partial charge on any atom is 0.247 e. The molecule has 0 saturated heterocycles. The van der Waals surface area contributed by atoms with Crippen LogP contribution >= 0.6 is 0 Å². The van der Waals surface area contributed by atoms with Crippen LogP contribution in [0.25, 0.3) is 11.5 Å². The van der Waals surface area contributed by atoms with Crippen LogP contribution < -0.4 is 5.32 Å². The van der Waals surface area contributed by atoms with E-state index in [2.05, 4.69) is 36.3 Å². The summed E-state index contributed by atoms with van der Waals surface area (Å²) in [4.78, 5) is 12.6. The molecule has 29 heavy (non-hydrogen) atoms. The molecule has 1 amide bonds. The molecular weight excluding hydrogens is 369 g/mol. The zero-order chi connectivity index (χ0) is 20.9. The third kappa shape index (κ3) is 6.24. The van der Waals surface area contributed by atoms with Crippen molar-refractivity contribution in [2.75, 3.05) is 0 Å². The van der Waals surface area contributed by atoms with Crippen LogP contribution in [0.4, 0.5) is 4.39 Å². The molecule has 0 bridgehead atoms. The number of hydrogen-bond donors (Lipinski definition) is 1. The fourth-order valence-electron chi connectivity index (χ4n) is 3.10. The smallest absolute Gasteiger partial charge is 0.247 e. The molecule has 0 aliphatic rings. The second kappa shape index (κ2) is 8.99. The molecule has 3 aromatic rings. The summed E-state index contributed by atoms with van der Waals surface area (Å²) >= 11 is 0. The monoisotopic (exact) mass is 395 g/mol. The third-order valence-electron chi connectivity index (χ3n) is 4.48. The first-order valence-electron chi connectivity index (χ1n) is 9.73. The van der Waals surface area contributed by atoms with Crippen molar-refractivity contribution in [3.8, 4) is 11.5 Å². The number of nitrogens with zero attached hydrogens (tertiary/aromatic N) is 2.